The summed E-state index contributed by atoms with van der Waals surface area (Å²) in [5.41, 5.74) is 1.89. The molecule has 2 amide bonds. The van der Waals surface area contributed by atoms with Crippen molar-refractivity contribution in [2.24, 2.45) is 0 Å². The van der Waals surface area contributed by atoms with Crippen LogP contribution in [0.25, 0.3) is 0 Å². The van der Waals surface area contributed by atoms with Gasteiger partial charge in [-0.1, -0.05) is 42.5 Å². The molecule has 0 heterocycles. The first-order valence-electron chi connectivity index (χ1n) is 7.37. The van der Waals surface area contributed by atoms with Crippen LogP contribution in [0.1, 0.15) is 11.1 Å². The molecule has 2 aromatic carbocycles. The summed E-state index contributed by atoms with van der Waals surface area (Å²) in [6.07, 6.45) is 0.232. The van der Waals surface area contributed by atoms with Gasteiger partial charge in [-0.15, -0.1) is 0 Å². The number of methoxy groups -OCH3 is 1. The van der Waals surface area contributed by atoms with E-state index in [4.69, 9.17) is 4.74 Å². The molecule has 0 saturated heterocycles. The highest BCUT2D eigenvalue weighted by atomic mass is 16.5. The summed E-state index contributed by atoms with van der Waals surface area (Å²) in [6, 6.07) is 16.9. The summed E-state index contributed by atoms with van der Waals surface area (Å²) in [4.78, 5) is 23.5. The quantitative estimate of drug-likeness (QED) is 0.817. The topological polar surface area (TPSA) is 67.4 Å². The fourth-order valence-electron chi connectivity index (χ4n) is 2.03. The Kier molecular flexibility index (Phi) is 6.17. The minimum Gasteiger partial charge on any atom is -0.497 e. The normalized spacial score (nSPS) is 9.96. The van der Waals surface area contributed by atoms with Crippen LogP contribution in [0.3, 0.4) is 0 Å². The highest BCUT2D eigenvalue weighted by Crippen LogP contribution is 2.11. The average Bonchev–Trinajstić information content (AvgIpc) is 2.60. The summed E-state index contributed by atoms with van der Waals surface area (Å²) >= 11 is 0. The first-order valence-corrected chi connectivity index (χ1v) is 7.37. The van der Waals surface area contributed by atoms with Crippen molar-refractivity contribution in [3.05, 3.63) is 65.7 Å². The molecular formula is C18H20N2O3. The molecule has 0 unspecified atom stereocenters. The first-order chi connectivity index (χ1) is 11.2. The molecule has 2 rings (SSSR count). The summed E-state index contributed by atoms with van der Waals surface area (Å²) in [7, 11) is 1.59. The largest absolute Gasteiger partial charge is 0.497 e. The fraction of sp³-hybridized carbons (Fsp3) is 0.222. The number of carbonyl (C=O) groups excluding carboxylic acids is 2. The second kappa shape index (κ2) is 8.58. The van der Waals surface area contributed by atoms with Crippen LogP contribution in [0, 0.1) is 0 Å². The zero-order valence-corrected chi connectivity index (χ0v) is 13.0. The van der Waals surface area contributed by atoms with Gasteiger partial charge >= 0.3 is 0 Å². The average molecular weight is 312 g/mol. The molecule has 5 heteroatoms. The van der Waals surface area contributed by atoms with Crippen molar-refractivity contribution >= 4 is 11.8 Å². The van der Waals surface area contributed by atoms with E-state index in [1.165, 1.54) is 0 Å². The molecule has 0 aliphatic heterocycles. The molecule has 0 spiro atoms. The summed E-state index contributed by atoms with van der Waals surface area (Å²) in [6.45, 7) is 0.426. The molecule has 0 radical (unpaired) electrons. The van der Waals surface area contributed by atoms with Gasteiger partial charge in [0.25, 0.3) is 0 Å². The number of hydrogen-bond donors (Lipinski definition) is 2. The van der Waals surface area contributed by atoms with Gasteiger partial charge in [0.1, 0.15) is 5.75 Å². The van der Waals surface area contributed by atoms with Gasteiger partial charge in [0.05, 0.1) is 20.1 Å². The second-order valence-corrected chi connectivity index (χ2v) is 5.06. The summed E-state index contributed by atoms with van der Waals surface area (Å²) in [5.74, 6) is 0.344. The van der Waals surface area contributed by atoms with E-state index in [0.717, 1.165) is 16.9 Å². The zero-order valence-electron chi connectivity index (χ0n) is 13.0. The van der Waals surface area contributed by atoms with Crippen molar-refractivity contribution in [3.8, 4) is 5.75 Å². The maximum atomic E-state index is 11.8. The number of nitrogens with one attached hydrogen (secondary N) is 2. The standard InChI is InChI=1S/C18H20N2O3/c1-23-16-9-7-14(8-10-16)11-17(21)20-13-18(22)19-12-15-5-3-2-4-6-15/h2-10H,11-13H2,1H3,(H,19,22)(H,20,21). The highest BCUT2D eigenvalue weighted by molar-refractivity contribution is 5.85. The maximum absolute atomic E-state index is 11.8. The Morgan fingerprint density at radius 3 is 2.22 bits per heavy atom. The Morgan fingerprint density at radius 2 is 1.57 bits per heavy atom. The molecule has 0 saturated carbocycles. The molecule has 0 fully saturated rings. The van der Waals surface area contributed by atoms with Gasteiger partial charge in [0, 0.05) is 6.54 Å². The molecule has 0 bridgehead atoms. The Labute approximate surface area is 135 Å². The van der Waals surface area contributed by atoms with Crippen molar-refractivity contribution in [3.63, 3.8) is 0 Å². The second-order valence-electron chi connectivity index (χ2n) is 5.06. The third-order valence-corrected chi connectivity index (χ3v) is 3.30. The van der Waals surface area contributed by atoms with Crippen LogP contribution in [0.2, 0.25) is 0 Å². The van der Waals surface area contributed by atoms with Crippen LogP contribution in [-0.4, -0.2) is 25.5 Å². The van der Waals surface area contributed by atoms with Gasteiger partial charge in [-0.05, 0) is 23.3 Å². The Bertz CT molecular complexity index is 639. The zero-order chi connectivity index (χ0) is 16.5. The number of ether oxygens (including phenoxy) is 1. The predicted octanol–water partition coefficient (Wildman–Crippen LogP) is 1.67. The van der Waals surface area contributed by atoms with E-state index in [1.807, 2.05) is 42.5 Å². The number of hydrogen-bond acceptors (Lipinski definition) is 3. The van der Waals surface area contributed by atoms with Gasteiger partial charge in [-0.2, -0.15) is 0 Å². The minimum atomic E-state index is -0.211. The van der Waals surface area contributed by atoms with Crippen molar-refractivity contribution in [2.75, 3.05) is 13.7 Å². The van der Waals surface area contributed by atoms with Crippen LogP contribution in [-0.2, 0) is 22.6 Å². The summed E-state index contributed by atoms with van der Waals surface area (Å²) in [5, 5.41) is 5.38. The van der Waals surface area contributed by atoms with Crippen molar-refractivity contribution in [1.29, 1.82) is 0 Å². The predicted molar refractivity (Wildman–Crippen MR) is 88.0 cm³/mol. The van der Waals surface area contributed by atoms with Crippen LogP contribution < -0.4 is 15.4 Å². The molecule has 0 aromatic heterocycles. The van der Waals surface area contributed by atoms with Gasteiger partial charge in [-0.25, -0.2) is 0 Å². The van der Waals surface area contributed by atoms with Crippen molar-refractivity contribution in [2.45, 2.75) is 13.0 Å². The lowest BCUT2D eigenvalue weighted by Gasteiger charge is -2.07. The molecule has 120 valence electrons. The third-order valence-electron chi connectivity index (χ3n) is 3.30. The van der Waals surface area contributed by atoms with Gasteiger partial charge in [0.15, 0.2) is 0 Å². The lowest BCUT2D eigenvalue weighted by molar-refractivity contribution is -0.125. The van der Waals surface area contributed by atoms with Gasteiger partial charge < -0.3 is 15.4 Å². The smallest absolute Gasteiger partial charge is 0.239 e. The Hall–Kier alpha value is -2.82. The monoisotopic (exact) mass is 312 g/mol. The van der Waals surface area contributed by atoms with Crippen LogP contribution in [0.4, 0.5) is 0 Å². The Balaban J connectivity index is 1.69. The van der Waals surface area contributed by atoms with Gasteiger partial charge in [-0.3, -0.25) is 9.59 Å². The molecule has 0 aliphatic rings. The number of carbonyl (C=O) groups is 2. The fourth-order valence-corrected chi connectivity index (χ4v) is 2.03. The van der Waals surface area contributed by atoms with E-state index < -0.39 is 0 Å². The molecule has 0 atom stereocenters. The minimum absolute atomic E-state index is 0.0260. The number of rotatable bonds is 7. The molecule has 5 nitrogen and oxygen atoms in total. The Morgan fingerprint density at radius 1 is 0.870 bits per heavy atom. The highest BCUT2D eigenvalue weighted by Gasteiger charge is 2.06. The molecule has 2 aromatic rings. The number of amides is 2. The van der Waals surface area contributed by atoms with Crippen LogP contribution in [0.15, 0.2) is 54.6 Å². The molecule has 2 N–H and O–H groups in total. The molecule has 23 heavy (non-hydrogen) atoms. The third kappa shape index (κ3) is 5.82. The van der Waals surface area contributed by atoms with E-state index in [1.54, 1.807) is 19.2 Å². The van der Waals surface area contributed by atoms with E-state index in [2.05, 4.69) is 10.6 Å². The number of benzene rings is 2. The molecule has 0 aliphatic carbocycles. The van der Waals surface area contributed by atoms with E-state index in [9.17, 15) is 9.59 Å². The van der Waals surface area contributed by atoms with E-state index in [-0.39, 0.29) is 24.8 Å². The SMILES string of the molecule is COc1ccc(CC(=O)NCC(=O)NCc2ccccc2)cc1. The van der Waals surface area contributed by atoms with E-state index in [0.29, 0.717) is 6.54 Å². The first kappa shape index (κ1) is 16.5. The van der Waals surface area contributed by atoms with Crippen LogP contribution >= 0.6 is 0 Å². The molecular weight excluding hydrogens is 292 g/mol. The lowest BCUT2D eigenvalue weighted by atomic mass is 10.1. The maximum Gasteiger partial charge on any atom is 0.239 e. The van der Waals surface area contributed by atoms with Crippen molar-refractivity contribution < 1.29 is 14.3 Å². The van der Waals surface area contributed by atoms with E-state index >= 15 is 0 Å². The lowest BCUT2D eigenvalue weighted by Crippen LogP contribution is -2.37. The van der Waals surface area contributed by atoms with Gasteiger partial charge in [0.2, 0.25) is 11.8 Å². The van der Waals surface area contributed by atoms with Crippen molar-refractivity contribution in [1.82, 2.24) is 10.6 Å². The van der Waals surface area contributed by atoms with Crippen LogP contribution in [0.5, 0.6) is 5.75 Å². The summed E-state index contributed by atoms with van der Waals surface area (Å²) < 4.78 is 5.06.